The number of hydrogen-bond acceptors (Lipinski definition) is 3. The third-order valence-electron chi connectivity index (χ3n) is 3.64. The molecule has 0 aromatic rings. The summed E-state index contributed by atoms with van der Waals surface area (Å²) >= 11 is 1.68. The lowest BCUT2D eigenvalue weighted by atomic mass is 9.91. The number of ketones is 1. The summed E-state index contributed by atoms with van der Waals surface area (Å²) in [7, 11) is -0.941. The summed E-state index contributed by atoms with van der Waals surface area (Å²) in [5.41, 5.74) is 0. The first-order valence-electron chi connectivity index (χ1n) is 6.23. The van der Waals surface area contributed by atoms with E-state index in [4.69, 9.17) is 0 Å². The molecule has 0 aromatic carbocycles. The van der Waals surface area contributed by atoms with Crippen molar-refractivity contribution in [2.45, 2.75) is 49.5 Å². The van der Waals surface area contributed by atoms with Gasteiger partial charge in [0.15, 0.2) is 5.78 Å². The van der Waals surface area contributed by atoms with Crippen LogP contribution >= 0.6 is 11.8 Å². The molecule has 0 radical (unpaired) electrons. The zero-order chi connectivity index (χ0) is 11.6. The highest BCUT2D eigenvalue weighted by molar-refractivity contribution is 8.14. The molecule has 0 bridgehead atoms. The Hall–Kier alpha value is 0.170. The Morgan fingerprint density at radius 1 is 1.31 bits per heavy atom. The van der Waals surface area contributed by atoms with E-state index in [-0.39, 0.29) is 11.7 Å². The van der Waals surface area contributed by atoms with Gasteiger partial charge in [0.05, 0.1) is 0 Å². The van der Waals surface area contributed by atoms with Crippen molar-refractivity contribution in [1.82, 2.24) is 0 Å². The summed E-state index contributed by atoms with van der Waals surface area (Å²) in [5.74, 6) is 2.11. The highest BCUT2D eigenvalue weighted by Crippen LogP contribution is 2.43. The minimum absolute atomic E-state index is 0.106. The van der Waals surface area contributed by atoms with E-state index >= 15 is 0 Å². The molecule has 92 valence electrons. The smallest absolute Gasteiger partial charge is 0.164 e. The lowest BCUT2D eigenvalue weighted by Gasteiger charge is -2.37. The third kappa shape index (κ3) is 2.23. The van der Waals surface area contributed by atoms with E-state index in [0.717, 1.165) is 43.6 Å². The van der Waals surface area contributed by atoms with E-state index < -0.39 is 14.9 Å². The van der Waals surface area contributed by atoms with Crippen LogP contribution in [0.1, 0.15) is 45.4 Å². The predicted molar refractivity (Wildman–Crippen MR) is 70.1 cm³/mol. The van der Waals surface area contributed by atoms with Crippen molar-refractivity contribution in [3.63, 3.8) is 0 Å². The fourth-order valence-corrected chi connectivity index (χ4v) is 6.63. The van der Waals surface area contributed by atoms with Gasteiger partial charge in [-0.2, -0.15) is 0 Å². The quantitative estimate of drug-likeness (QED) is 0.671. The molecular weight excluding hydrogens is 240 g/mol. The van der Waals surface area contributed by atoms with Crippen LogP contribution in [0.15, 0.2) is 0 Å². The second-order valence-corrected chi connectivity index (χ2v) is 8.32. The number of hydrogen-bond donors (Lipinski definition) is 0. The number of Topliss-reactive ketones (excluding diaryl/α,β-unsaturated/α-hetero) is 1. The topological polar surface area (TPSA) is 34.1 Å². The van der Waals surface area contributed by atoms with Gasteiger partial charge in [-0.15, -0.1) is 11.8 Å². The summed E-state index contributed by atoms with van der Waals surface area (Å²) < 4.78 is 11.7. The molecule has 1 aliphatic carbocycles. The van der Waals surface area contributed by atoms with Crippen LogP contribution in [-0.4, -0.2) is 25.6 Å². The third-order valence-corrected chi connectivity index (χ3v) is 7.72. The van der Waals surface area contributed by atoms with Crippen LogP contribution in [-0.2, 0) is 15.6 Å². The first-order valence-corrected chi connectivity index (χ1v) is 8.54. The molecule has 0 unspecified atom stereocenters. The van der Waals surface area contributed by atoms with E-state index in [2.05, 4.69) is 0 Å². The fraction of sp³-hybridized carbons (Fsp3) is 0.917. The molecule has 1 heterocycles. The zero-order valence-corrected chi connectivity index (χ0v) is 11.5. The van der Waals surface area contributed by atoms with Gasteiger partial charge in [0.2, 0.25) is 0 Å². The van der Waals surface area contributed by atoms with Gasteiger partial charge in [0.25, 0.3) is 0 Å². The number of carbonyl (C=O) groups excluding carboxylic acids is 1. The normalized spacial score (nSPS) is 41.7. The lowest BCUT2D eigenvalue weighted by molar-refractivity contribution is -0.123. The Labute approximate surface area is 104 Å². The molecule has 2 nitrogen and oxygen atoms in total. The van der Waals surface area contributed by atoms with Crippen molar-refractivity contribution in [3.8, 4) is 0 Å². The van der Waals surface area contributed by atoms with Crippen LogP contribution in [0, 0.1) is 5.92 Å². The molecule has 4 heteroatoms. The van der Waals surface area contributed by atoms with E-state index in [1.54, 1.807) is 11.8 Å². The maximum absolute atomic E-state index is 12.5. The van der Waals surface area contributed by atoms with Crippen molar-refractivity contribution in [2.75, 3.05) is 11.5 Å². The highest BCUT2D eigenvalue weighted by atomic mass is 32.2. The minimum Gasteiger partial charge on any atom is -0.297 e. The zero-order valence-electron chi connectivity index (χ0n) is 9.87. The molecule has 1 aliphatic heterocycles. The van der Waals surface area contributed by atoms with Crippen molar-refractivity contribution in [2.24, 2.45) is 5.92 Å². The van der Waals surface area contributed by atoms with E-state index in [0.29, 0.717) is 0 Å². The molecule has 2 rings (SSSR count). The first-order chi connectivity index (χ1) is 7.67. The van der Waals surface area contributed by atoms with E-state index in [1.165, 1.54) is 6.42 Å². The van der Waals surface area contributed by atoms with Gasteiger partial charge in [-0.3, -0.25) is 9.00 Å². The maximum atomic E-state index is 12.5. The molecule has 16 heavy (non-hydrogen) atoms. The summed E-state index contributed by atoms with van der Waals surface area (Å²) in [4.78, 5) is 12.5. The van der Waals surface area contributed by atoms with Gasteiger partial charge in [-0.1, -0.05) is 26.2 Å². The van der Waals surface area contributed by atoms with Gasteiger partial charge < -0.3 is 0 Å². The Morgan fingerprint density at radius 3 is 2.88 bits per heavy atom. The average molecular weight is 260 g/mol. The molecule has 2 fully saturated rings. The first kappa shape index (κ1) is 12.6. The second-order valence-electron chi connectivity index (χ2n) is 4.87. The van der Waals surface area contributed by atoms with Gasteiger partial charge in [0, 0.05) is 22.5 Å². The number of rotatable bonds is 0. The van der Waals surface area contributed by atoms with Crippen LogP contribution in [0.3, 0.4) is 0 Å². The second kappa shape index (κ2) is 5.21. The Kier molecular flexibility index (Phi) is 4.11. The summed E-state index contributed by atoms with van der Waals surface area (Å²) in [6, 6.07) is 0. The fourth-order valence-electron chi connectivity index (χ4n) is 2.64. The average Bonchev–Trinajstić information content (AvgIpc) is 2.28. The standard InChI is InChI=1S/C12H20O2S2/c1-10-6-3-2-4-7-12(11(10)13)15-8-5-9-16(12)14/h10H,2-9H2,1H3/t10-,12+,16-/m1/s1. The number of thioether (sulfide) groups is 1. The van der Waals surface area contributed by atoms with Crippen molar-refractivity contribution >= 4 is 28.3 Å². The lowest BCUT2D eigenvalue weighted by Crippen LogP contribution is -2.47. The SMILES string of the molecule is C[C@@H]1CCCCC[C@@]2(SCCC[S@]2=O)C1=O. The Morgan fingerprint density at radius 2 is 2.12 bits per heavy atom. The van der Waals surface area contributed by atoms with Crippen molar-refractivity contribution in [3.05, 3.63) is 0 Å². The maximum Gasteiger partial charge on any atom is 0.164 e. The van der Waals surface area contributed by atoms with Gasteiger partial charge in [0.1, 0.15) is 4.08 Å². The Balaban J connectivity index is 2.25. The van der Waals surface area contributed by atoms with Crippen LogP contribution in [0.4, 0.5) is 0 Å². The van der Waals surface area contributed by atoms with Crippen LogP contribution < -0.4 is 0 Å². The molecule has 1 saturated carbocycles. The predicted octanol–water partition coefficient (Wildman–Crippen LogP) is 2.74. The largest absolute Gasteiger partial charge is 0.297 e. The van der Waals surface area contributed by atoms with Crippen LogP contribution in [0.5, 0.6) is 0 Å². The van der Waals surface area contributed by atoms with Gasteiger partial charge in [-0.25, -0.2) is 0 Å². The van der Waals surface area contributed by atoms with Crippen LogP contribution in [0.25, 0.3) is 0 Å². The van der Waals surface area contributed by atoms with Gasteiger partial charge >= 0.3 is 0 Å². The van der Waals surface area contributed by atoms with E-state index in [9.17, 15) is 9.00 Å². The van der Waals surface area contributed by atoms with Gasteiger partial charge in [-0.05, 0) is 25.0 Å². The molecule has 0 amide bonds. The van der Waals surface area contributed by atoms with Crippen LogP contribution in [0.2, 0.25) is 0 Å². The molecule has 1 spiro atoms. The number of carbonyl (C=O) groups is 1. The molecule has 0 N–H and O–H groups in total. The molecule has 1 saturated heterocycles. The van der Waals surface area contributed by atoms with E-state index in [1.807, 2.05) is 6.92 Å². The van der Waals surface area contributed by atoms with Crippen molar-refractivity contribution < 1.29 is 9.00 Å². The minimum atomic E-state index is -0.941. The molecule has 3 atom stereocenters. The highest BCUT2D eigenvalue weighted by Gasteiger charge is 2.47. The molecule has 2 aliphatic rings. The Bertz CT molecular complexity index is 303. The summed E-state index contributed by atoms with van der Waals surface area (Å²) in [6.07, 6.45) is 6.24. The summed E-state index contributed by atoms with van der Waals surface area (Å²) in [5, 5.41) is 0. The van der Waals surface area contributed by atoms with Crippen molar-refractivity contribution in [1.29, 1.82) is 0 Å². The monoisotopic (exact) mass is 260 g/mol. The molecular formula is C12H20O2S2. The molecule has 0 aromatic heterocycles. The summed E-state index contributed by atoms with van der Waals surface area (Å²) in [6.45, 7) is 2.02.